The van der Waals surface area contributed by atoms with Crippen molar-refractivity contribution in [3.63, 3.8) is 0 Å². The Morgan fingerprint density at radius 1 is 1.31 bits per heavy atom. The smallest absolute Gasteiger partial charge is 0.316 e. The van der Waals surface area contributed by atoms with Crippen LogP contribution in [0.15, 0.2) is 30.3 Å². The summed E-state index contributed by atoms with van der Waals surface area (Å²) in [7, 11) is 3.43. The van der Waals surface area contributed by atoms with E-state index in [9.17, 15) is 4.79 Å². The fraction of sp³-hybridized carbons (Fsp3) is 0.417. The molecule has 0 spiro atoms. The minimum atomic E-state index is -0.0419. The molecule has 0 radical (unpaired) electrons. The van der Waals surface area contributed by atoms with Gasteiger partial charge < -0.3 is 15.5 Å². The number of nitrogens with one attached hydrogen (secondary N) is 2. The van der Waals surface area contributed by atoms with Gasteiger partial charge in [0.25, 0.3) is 0 Å². The summed E-state index contributed by atoms with van der Waals surface area (Å²) in [6.45, 7) is 1.62. The predicted molar refractivity (Wildman–Crippen MR) is 66.6 cm³/mol. The van der Waals surface area contributed by atoms with Gasteiger partial charge in [-0.15, -0.1) is 0 Å². The second-order valence-corrected chi connectivity index (χ2v) is 3.62. The van der Waals surface area contributed by atoms with Crippen LogP contribution in [-0.4, -0.2) is 38.1 Å². The summed E-state index contributed by atoms with van der Waals surface area (Å²) < 4.78 is 0. The zero-order chi connectivity index (χ0) is 11.8. The highest BCUT2D eigenvalue weighted by molar-refractivity contribution is 5.73. The van der Waals surface area contributed by atoms with Crippen LogP contribution < -0.4 is 10.6 Å². The van der Waals surface area contributed by atoms with Gasteiger partial charge in [0, 0.05) is 32.9 Å². The monoisotopic (exact) mass is 221 g/mol. The van der Waals surface area contributed by atoms with Crippen molar-refractivity contribution in [1.29, 1.82) is 0 Å². The van der Waals surface area contributed by atoms with E-state index in [4.69, 9.17) is 0 Å². The molecule has 4 heteroatoms. The SMILES string of the molecule is CNC(=O)N(C)CCCNc1ccccc1. The van der Waals surface area contributed by atoms with Crippen LogP contribution in [0.2, 0.25) is 0 Å². The molecule has 0 aliphatic rings. The van der Waals surface area contributed by atoms with E-state index in [1.54, 1.807) is 19.0 Å². The normalized spacial score (nSPS) is 9.62. The average molecular weight is 221 g/mol. The zero-order valence-corrected chi connectivity index (χ0v) is 9.86. The van der Waals surface area contributed by atoms with Crippen molar-refractivity contribution in [3.05, 3.63) is 30.3 Å². The topological polar surface area (TPSA) is 44.4 Å². The molecule has 0 aromatic heterocycles. The lowest BCUT2D eigenvalue weighted by molar-refractivity contribution is 0.211. The molecule has 1 aromatic carbocycles. The van der Waals surface area contributed by atoms with Gasteiger partial charge in [0.1, 0.15) is 0 Å². The number of benzene rings is 1. The van der Waals surface area contributed by atoms with E-state index in [1.165, 1.54) is 0 Å². The number of rotatable bonds is 5. The molecule has 2 amide bonds. The largest absolute Gasteiger partial charge is 0.385 e. The quantitative estimate of drug-likeness (QED) is 0.744. The number of carbonyl (C=O) groups excluding carboxylic acids is 1. The lowest BCUT2D eigenvalue weighted by Crippen LogP contribution is -2.36. The molecule has 0 aliphatic carbocycles. The summed E-state index contributed by atoms with van der Waals surface area (Å²) in [5.74, 6) is 0. The predicted octanol–water partition coefficient (Wildman–Crippen LogP) is 1.76. The third-order valence-corrected chi connectivity index (χ3v) is 2.33. The van der Waals surface area contributed by atoms with Crippen LogP contribution in [-0.2, 0) is 0 Å². The number of para-hydroxylation sites is 1. The molecule has 0 saturated carbocycles. The number of nitrogens with zero attached hydrogens (tertiary/aromatic N) is 1. The van der Waals surface area contributed by atoms with E-state index in [-0.39, 0.29) is 6.03 Å². The summed E-state index contributed by atoms with van der Waals surface area (Å²) in [6, 6.07) is 10.0. The van der Waals surface area contributed by atoms with Gasteiger partial charge in [0.2, 0.25) is 0 Å². The third kappa shape index (κ3) is 4.21. The highest BCUT2D eigenvalue weighted by Crippen LogP contribution is 2.04. The fourth-order valence-corrected chi connectivity index (χ4v) is 1.40. The van der Waals surface area contributed by atoms with Crippen molar-refractivity contribution in [1.82, 2.24) is 10.2 Å². The second-order valence-electron chi connectivity index (χ2n) is 3.62. The van der Waals surface area contributed by atoms with Crippen LogP contribution in [0.3, 0.4) is 0 Å². The van der Waals surface area contributed by atoms with Crippen LogP contribution in [0, 0.1) is 0 Å². The lowest BCUT2D eigenvalue weighted by Gasteiger charge is -2.16. The van der Waals surface area contributed by atoms with Gasteiger partial charge >= 0.3 is 6.03 Å². The summed E-state index contributed by atoms with van der Waals surface area (Å²) in [5, 5.41) is 5.89. The molecule has 0 unspecified atom stereocenters. The van der Waals surface area contributed by atoms with Crippen LogP contribution in [0.1, 0.15) is 6.42 Å². The van der Waals surface area contributed by atoms with Gasteiger partial charge in [-0.2, -0.15) is 0 Å². The van der Waals surface area contributed by atoms with Crippen molar-refractivity contribution in [2.75, 3.05) is 32.5 Å². The zero-order valence-electron chi connectivity index (χ0n) is 9.86. The van der Waals surface area contributed by atoms with Crippen molar-refractivity contribution in [3.8, 4) is 0 Å². The van der Waals surface area contributed by atoms with Crippen LogP contribution in [0.4, 0.5) is 10.5 Å². The Morgan fingerprint density at radius 2 is 2.00 bits per heavy atom. The molecule has 0 fully saturated rings. The first-order valence-electron chi connectivity index (χ1n) is 5.46. The number of anilines is 1. The van der Waals surface area contributed by atoms with E-state index in [2.05, 4.69) is 10.6 Å². The first kappa shape index (κ1) is 12.4. The lowest BCUT2D eigenvalue weighted by atomic mass is 10.3. The summed E-state index contributed by atoms with van der Waals surface area (Å²) in [6.07, 6.45) is 0.929. The molecule has 2 N–H and O–H groups in total. The maximum atomic E-state index is 11.2. The Labute approximate surface area is 96.6 Å². The molecule has 1 rings (SSSR count). The first-order valence-corrected chi connectivity index (χ1v) is 5.46. The maximum absolute atomic E-state index is 11.2. The third-order valence-electron chi connectivity index (χ3n) is 2.33. The first-order chi connectivity index (χ1) is 7.74. The fourth-order valence-electron chi connectivity index (χ4n) is 1.40. The molecule has 0 aliphatic heterocycles. The minimum absolute atomic E-state index is 0.0419. The van der Waals surface area contributed by atoms with E-state index < -0.39 is 0 Å². The molecular weight excluding hydrogens is 202 g/mol. The minimum Gasteiger partial charge on any atom is -0.385 e. The molecule has 0 saturated heterocycles. The van der Waals surface area contributed by atoms with Crippen LogP contribution >= 0.6 is 0 Å². The number of urea groups is 1. The van der Waals surface area contributed by atoms with E-state index in [0.29, 0.717) is 0 Å². The van der Waals surface area contributed by atoms with Gasteiger partial charge in [0.05, 0.1) is 0 Å². The summed E-state index contributed by atoms with van der Waals surface area (Å²) >= 11 is 0. The second kappa shape index (κ2) is 6.71. The summed E-state index contributed by atoms with van der Waals surface area (Å²) in [5.41, 5.74) is 1.12. The molecule has 0 atom stereocenters. The molecule has 88 valence electrons. The van der Waals surface area contributed by atoms with Gasteiger partial charge in [-0.05, 0) is 18.6 Å². The van der Waals surface area contributed by atoms with Gasteiger partial charge in [-0.25, -0.2) is 4.79 Å². The molecule has 0 bridgehead atoms. The number of hydrogen-bond donors (Lipinski definition) is 2. The Morgan fingerprint density at radius 3 is 2.62 bits per heavy atom. The Hall–Kier alpha value is -1.71. The summed E-state index contributed by atoms with van der Waals surface area (Å²) in [4.78, 5) is 12.8. The van der Waals surface area contributed by atoms with Gasteiger partial charge in [-0.1, -0.05) is 18.2 Å². The van der Waals surface area contributed by atoms with E-state index in [1.807, 2.05) is 30.3 Å². The Bertz CT molecular complexity index is 313. The van der Waals surface area contributed by atoms with Crippen molar-refractivity contribution >= 4 is 11.7 Å². The highest BCUT2D eigenvalue weighted by atomic mass is 16.2. The standard InChI is InChI=1S/C12H19N3O/c1-13-12(16)15(2)10-6-9-14-11-7-4-3-5-8-11/h3-5,7-8,14H,6,9-10H2,1-2H3,(H,13,16). The molecule has 0 heterocycles. The Kier molecular flexibility index (Phi) is 5.19. The maximum Gasteiger partial charge on any atom is 0.316 e. The van der Waals surface area contributed by atoms with Crippen molar-refractivity contribution in [2.45, 2.75) is 6.42 Å². The number of amides is 2. The number of carbonyl (C=O) groups is 1. The Balaban J connectivity index is 2.15. The van der Waals surface area contributed by atoms with Gasteiger partial charge in [0.15, 0.2) is 0 Å². The molecule has 4 nitrogen and oxygen atoms in total. The van der Waals surface area contributed by atoms with Crippen LogP contribution in [0.5, 0.6) is 0 Å². The van der Waals surface area contributed by atoms with Crippen LogP contribution in [0.25, 0.3) is 0 Å². The van der Waals surface area contributed by atoms with Crippen molar-refractivity contribution < 1.29 is 4.79 Å². The molecule has 16 heavy (non-hydrogen) atoms. The van der Waals surface area contributed by atoms with E-state index >= 15 is 0 Å². The highest BCUT2D eigenvalue weighted by Gasteiger charge is 2.03. The molecule has 1 aromatic rings. The average Bonchev–Trinajstić information content (AvgIpc) is 2.34. The van der Waals surface area contributed by atoms with Crippen molar-refractivity contribution in [2.24, 2.45) is 0 Å². The molecular formula is C12H19N3O. The number of hydrogen-bond acceptors (Lipinski definition) is 2. The van der Waals surface area contributed by atoms with E-state index in [0.717, 1.165) is 25.2 Å². The van der Waals surface area contributed by atoms with Gasteiger partial charge in [-0.3, -0.25) is 0 Å².